The number of rotatable bonds is 31. The molecule has 0 aromatic heterocycles. The summed E-state index contributed by atoms with van der Waals surface area (Å²) in [7, 11) is 0. The number of carboxylic acid groups (broad SMARTS) is 1. The van der Waals surface area contributed by atoms with Crippen LogP contribution >= 0.6 is 0 Å². The van der Waals surface area contributed by atoms with Crippen LogP contribution in [0.15, 0.2) is 4.99 Å². The topological polar surface area (TPSA) is 444 Å². The van der Waals surface area contributed by atoms with E-state index in [0.717, 1.165) is 0 Å². The molecule has 0 radical (unpaired) electrons. The number of carbonyl (C=O) groups excluding carboxylic acids is 9. The summed E-state index contributed by atoms with van der Waals surface area (Å²) in [6.07, 6.45) is -1.60. The first-order chi connectivity index (χ1) is 30.6. The van der Waals surface area contributed by atoms with Crippen LogP contribution in [0.3, 0.4) is 0 Å². The summed E-state index contributed by atoms with van der Waals surface area (Å²) in [6.45, 7) is 11.0. The minimum atomic E-state index is -1.72. The highest BCUT2D eigenvalue weighted by Crippen LogP contribution is 2.10. The van der Waals surface area contributed by atoms with E-state index in [2.05, 4.69) is 47.5 Å². The second-order valence-corrected chi connectivity index (χ2v) is 17.0. The maximum absolute atomic E-state index is 13.8. The fraction of sp³-hybridized carbons (Fsp3) is 0.725. The Morgan fingerprint density at radius 2 is 1.09 bits per heavy atom. The van der Waals surface area contributed by atoms with Gasteiger partial charge in [0.05, 0.1) is 25.3 Å². The van der Waals surface area contributed by atoms with Gasteiger partial charge in [0.2, 0.25) is 53.2 Å². The highest BCUT2D eigenvalue weighted by atomic mass is 16.4. The van der Waals surface area contributed by atoms with Gasteiger partial charge in [0.25, 0.3) is 0 Å². The van der Waals surface area contributed by atoms with Crippen molar-refractivity contribution in [2.24, 2.45) is 45.7 Å². The molecule has 0 aromatic rings. The van der Waals surface area contributed by atoms with Crippen LogP contribution in [0.25, 0.3) is 0 Å². The zero-order chi connectivity index (χ0) is 51.0. The molecule has 66 heavy (non-hydrogen) atoms. The maximum atomic E-state index is 13.8. The van der Waals surface area contributed by atoms with Crippen molar-refractivity contribution in [3.8, 4) is 0 Å². The van der Waals surface area contributed by atoms with E-state index in [1.807, 2.05) is 0 Å². The van der Waals surface area contributed by atoms with E-state index >= 15 is 0 Å². The van der Waals surface area contributed by atoms with Crippen molar-refractivity contribution in [1.82, 2.24) is 42.5 Å². The zero-order valence-corrected chi connectivity index (χ0v) is 39.0. The average molecular weight is 944 g/mol. The van der Waals surface area contributed by atoms with Gasteiger partial charge in [-0.25, -0.2) is 4.79 Å². The summed E-state index contributed by atoms with van der Waals surface area (Å²) in [5, 5.41) is 49.0. The predicted molar refractivity (Wildman–Crippen MR) is 239 cm³/mol. The Hall–Kier alpha value is -6.15. The minimum absolute atomic E-state index is 0.00256. The molecule has 9 atom stereocenters. The third-order valence-electron chi connectivity index (χ3n) is 9.60. The van der Waals surface area contributed by atoms with Gasteiger partial charge in [0.1, 0.15) is 42.3 Å². The lowest BCUT2D eigenvalue weighted by atomic mass is 10.00. The van der Waals surface area contributed by atoms with E-state index in [1.54, 1.807) is 27.7 Å². The van der Waals surface area contributed by atoms with Gasteiger partial charge in [-0.2, -0.15) is 0 Å². The molecule has 0 unspecified atom stereocenters. The van der Waals surface area contributed by atoms with Crippen LogP contribution in [0, 0.1) is 17.8 Å². The standard InChI is InChI=1S/C40H73N13O13/c1-18(2)14-25(50-35(61)24(10-9-13-45-40(43)44)49-32(58)21(7)47-33(59)23(41)11-12-28(42)56)36(62)53-31(22(8)55)38(64)52-30(20(5)6)37(63)51-27(17-54)34(60)46-16-29(57)48-26(39(65)66)15-19(3)4/h18-27,30-31,54-55H,9-17,41H2,1-8H3,(H2,42,56)(H,46,60)(H,47,59)(H,48,57)(H,49,58)(H,50,61)(H,51,63)(H,52,64)(H,53,62)(H,65,66)(H4,43,44,45)/t21-,22+,23-,24-,25-,26-,27-,30-,31-/m0/s1. The first kappa shape index (κ1) is 59.8. The lowest BCUT2D eigenvalue weighted by Gasteiger charge is -2.29. The van der Waals surface area contributed by atoms with Crippen LogP contribution in [-0.2, 0) is 47.9 Å². The highest BCUT2D eigenvalue weighted by Gasteiger charge is 2.36. The zero-order valence-electron chi connectivity index (χ0n) is 39.0. The third kappa shape index (κ3) is 23.7. The maximum Gasteiger partial charge on any atom is 0.326 e. The van der Waals surface area contributed by atoms with Crippen molar-refractivity contribution in [2.45, 2.75) is 148 Å². The summed E-state index contributed by atoms with van der Waals surface area (Å²) >= 11 is 0. The average Bonchev–Trinajstić information content (AvgIpc) is 3.21. The SMILES string of the molecule is CC(C)C[C@H](NC(=O)CNC(=O)[C@H](CO)NC(=O)[C@@H](NC(=O)[C@@H](NC(=O)[C@H](CC(C)C)NC(=O)[C@H](CCCN=C(N)N)NC(=O)[C@H](C)NC(=O)[C@@H](N)CCC(N)=O)[C@@H](C)O)C(C)C)C(=O)O. The second-order valence-electron chi connectivity index (χ2n) is 17.0. The number of primary amides is 1. The lowest BCUT2D eigenvalue weighted by molar-refractivity contribution is -0.142. The number of nitrogens with one attached hydrogen (secondary N) is 8. The van der Waals surface area contributed by atoms with Crippen molar-refractivity contribution < 1.29 is 63.3 Å². The molecule has 0 aliphatic rings. The molecule has 26 nitrogen and oxygen atoms in total. The molecule has 9 amide bonds. The minimum Gasteiger partial charge on any atom is -0.480 e. The number of carboxylic acids is 1. The second kappa shape index (κ2) is 30.1. The van der Waals surface area contributed by atoms with Crippen LogP contribution < -0.4 is 65.5 Å². The van der Waals surface area contributed by atoms with E-state index in [-0.39, 0.29) is 62.9 Å². The van der Waals surface area contributed by atoms with Gasteiger partial charge in [-0.05, 0) is 63.7 Å². The molecule has 0 rings (SSSR count). The molecule has 0 spiro atoms. The number of aliphatic hydroxyl groups excluding tert-OH is 2. The summed E-state index contributed by atoms with van der Waals surface area (Å²) in [5.74, 6) is -10.4. The van der Waals surface area contributed by atoms with Gasteiger partial charge < -0.3 is 80.8 Å². The van der Waals surface area contributed by atoms with E-state index in [0.29, 0.717) is 0 Å². The molecular weight excluding hydrogens is 871 g/mol. The number of aliphatic carboxylic acids is 1. The predicted octanol–water partition coefficient (Wildman–Crippen LogP) is -5.63. The molecule has 0 heterocycles. The number of hydrogen-bond donors (Lipinski definition) is 15. The number of nitrogens with two attached hydrogens (primary N) is 4. The van der Waals surface area contributed by atoms with Gasteiger partial charge in [0, 0.05) is 13.0 Å². The molecule has 0 saturated heterocycles. The highest BCUT2D eigenvalue weighted by molar-refractivity contribution is 5.98. The number of guanidine groups is 1. The Bertz CT molecular complexity index is 1710. The van der Waals surface area contributed by atoms with Gasteiger partial charge in [-0.3, -0.25) is 48.1 Å². The van der Waals surface area contributed by atoms with Crippen LogP contribution in [0.2, 0.25) is 0 Å². The molecule has 0 fully saturated rings. The Balaban J connectivity index is 6.11. The quantitative estimate of drug-likeness (QED) is 0.0175. The van der Waals surface area contributed by atoms with Crippen molar-refractivity contribution in [2.75, 3.05) is 19.7 Å². The van der Waals surface area contributed by atoms with Crippen LogP contribution in [-0.4, -0.2) is 155 Å². The van der Waals surface area contributed by atoms with Gasteiger partial charge in [0.15, 0.2) is 5.96 Å². The van der Waals surface area contributed by atoms with E-state index in [1.165, 1.54) is 27.7 Å². The number of aliphatic imine (C=N–C) groups is 1. The van der Waals surface area contributed by atoms with Crippen molar-refractivity contribution in [3.05, 3.63) is 0 Å². The van der Waals surface area contributed by atoms with Crippen molar-refractivity contribution >= 4 is 65.1 Å². The lowest BCUT2D eigenvalue weighted by Crippen LogP contribution is -2.62. The van der Waals surface area contributed by atoms with E-state index < -0.39 is 133 Å². The summed E-state index contributed by atoms with van der Waals surface area (Å²) in [5.41, 5.74) is 21.7. The Morgan fingerprint density at radius 1 is 0.576 bits per heavy atom. The van der Waals surface area contributed by atoms with Crippen LogP contribution in [0.1, 0.15) is 93.9 Å². The Morgan fingerprint density at radius 3 is 1.59 bits per heavy atom. The Kier molecular flexibility index (Phi) is 27.3. The molecule has 376 valence electrons. The molecular formula is C40H73N13O13. The molecule has 19 N–H and O–H groups in total. The Labute approximate surface area is 384 Å². The number of carbonyl (C=O) groups is 10. The largest absolute Gasteiger partial charge is 0.480 e. The summed E-state index contributed by atoms with van der Waals surface area (Å²) < 4.78 is 0. The number of amides is 9. The number of aliphatic hydroxyl groups is 2. The van der Waals surface area contributed by atoms with Crippen LogP contribution in [0.5, 0.6) is 0 Å². The molecule has 0 aliphatic heterocycles. The fourth-order valence-electron chi connectivity index (χ4n) is 5.98. The van der Waals surface area contributed by atoms with E-state index in [9.17, 15) is 63.3 Å². The van der Waals surface area contributed by atoms with Crippen LogP contribution in [0.4, 0.5) is 0 Å². The van der Waals surface area contributed by atoms with Crippen molar-refractivity contribution in [1.29, 1.82) is 0 Å². The first-order valence-corrected chi connectivity index (χ1v) is 21.6. The molecule has 26 heteroatoms. The third-order valence-corrected chi connectivity index (χ3v) is 9.60. The van der Waals surface area contributed by atoms with Gasteiger partial charge >= 0.3 is 5.97 Å². The molecule has 0 saturated carbocycles. The monoisotopic (exact) mass is 944 g/mol. The summed E-state index contributed by atoms with van der Waals surface area (Å²) in [6, 6.07) is -11.0. The normalized spacial score (nSPS) is 15.2. The molecule has 0 aromatic carbocycles. The van der Waals surface area contributed by atoms with Gasteiger partial charge in [-0.15, -0.1) is 0 Å². The van der Waals surface area contributed by atoms with Gasteiger partial charge in [-0.1, -0.05) is 41.5 Å². The summed E-state index contributed by atoms with van der Waals surface area (Å²) in [4.78, 5) is 132. The fourth-order valence-corrected chi connectivity index (χ4v) is 5.98. The number of hydrogen-bond acceptors (Lipinski definition) is 14. The van der Waals surface area contributed by atoms with E-state index in [4.69, 9.17) is 22.9 Å². The smallest absolute Gasteiger partial charge is 0.326 e. The molecule has 0 bridgehead atoms. The number of nitrogens with zero attached hydrogens (tertiary/aromatic N) is 1. The molecule has 0 aliphatic carbocycles. The first-order valence-electron chi connectivity index (χ1n) is 21.6. The van der Waals surface area contributed by atoms with Crippen molar-refractivity contribution in [3.63, 3.8) is 0 Å².